The van der Waals surface area contributed by atoms with Gasteiger partial charge in [0.1, 0.15) is 0 Å². The van der Waals surface area contributed by atoms with Crippen LogP contribution < -0.4 is 0 Å². The zero-order valence-corrected chi connectivity index (χ0v) is 14.1. The molecule has 1 aliphatic heterocycles. The fraction of sp³-hybridized carbons (Fsp3) is 0.176. The fourth-order valence-corrected chi connectivity index (χ4v) is 2.87. The molecule has 0 aliphatic carbocycles. The Bertz CT molecular complexity index is 972. The molecule has 0 saturated carbocycles. The lowest BCUT2D eigenvalue weighted by atomic mass is 9.96. The van der Waals surface area contributed by atoms with Crippen LogP contribution in [0.25, 0.3) is 0 Å². The van der Waals surface area contributed by atoms with Gasteiger partial charge in [-0.05, 0) is 19.1 Å². The van der Waals surface area contributed by atoms with E-state index in [9.17, 15) is 30.1 Å². The van der Waals surface area contributed by atoms with Crippen LogP contribution in [0.2, 0.25) is 0 Å². The predicted molar refractivity (Wildman–Crippen MR) is 94.0 cm³/mol. The lowest BCUT2D eigenvalue weighted by molar-refractivity contribution is -0.385. The first-order valence-corrected chi connectivity index (χ1v) is 7.83. The van der Waals surface area contributed by atoms with Gasteiger partial charge in [0.15, 0.2) is 5.72 Å². The third-order valence-electron chi connectivity index (χ3n) is 4.16. The molecule has 1 heterocycles. The van der Waals surface area contributed by atoms with Crippen LogP contribution in [0, 0.1) is 20.2 Å². The number of aliphatic hydroxyl groups is 1. The van der Waals surface area contributed by atoms with Crippen LogP contribution in [0.5, 0.6) is 0 Å². The van der Waals surface area contributed by atoms with Gasteiger partial charge in [0.2, 0.25) is 0 Å². The van der Waals surface area contributed by atoms with Gasteiger partial charge in [-0.15, -0.1) is 0 Å². The first-order chi connectivity index (χ1) is 12.7. The second kappa shape index (κ2) is 6.57. The molecule has 138 valence electrons. The summed E-state index contributed by atoms with van der Waals surface area (Å²) in [4.78, 5) is 33.4. The van der Waals surface area contributed by atoms with Crippen molar-refractivity contribution in [3.05, 3.63) is 79.9 Å². The summed E-state index contributed by atoms with van der Waals surface area (Å²) in [6, 6.07) is 10.2. The Balaban J connectivity index is 1.99. The highest BCUT2D eigenvalue weighted by Gasteiger charge is 2.45. The molecule has 3 rings (SSSR count). The monoisotopic (exact) mass is 370 g/mol. The van der Waals surface area contributed by atoms with Crippen molar-refractivity contribution in [3.8, 4) is 0 Å². The van der Waals surface area contributed by atoms with Crippen LogP contribution in [0.3, 0.4) is 0 Å². The zero-order chi connectivity index (χ0) is 19.8. The summed E-state index contributed by atoms with van der Waals surface area (Å²) in [6.07, 6.45) is -0.0209. The minimum Gasteiger partial charge on any atom is -0.365 e. The Morgan fingerprint density at radius 3 is 2.33 bits per heavy atom. The van der Waals surface area contributed by atoms with Gasteiger partial charge in [-0.2, -0.15) is 10.1 Å². The number of rotatable bonds is 4. The van der Waals surface area contributed by atoms with E-state index >= 15 is 0 Å². The molecular weight excluding hydrogens is 356 g/mol. The van der Waals surface area contributed by atoms with Gasteiger partial charge >= 0.3 is 0 Å². The van der Waals surface area contributed by atoms with E-state index < -0.39 is 21.5 Å². The van der Waals surface area contributed by atoms with Gasteiger partial charge in [0, 0.05) is 47.5 Å². The van der Waals surface area contributed by atoms with Gasteiger partial charge in [0.25, 0.3) is 17.3 Å². The summed E-state index contributed by atoms with van der Waals surface area (Å²) in [5, 5.41) is 37.8. The maximum Gasteiger partial charge on any atom is 0.276 e. The van der Waals surface area contributed by atoms with E-state index in [2.05, 4.69) is 5.10 Å². The molecule has 0 saturated heterocycles. The molecule has 2 aromatic rings. The molecule has 0 bridgehead atoms. The summed E-state index contributed by atoms with van der Waals surface area (Å²) in [7, 11) is 0. The fourth-order valence-electron chi connectivity index (χ4n) is 2.87. The first kappa shape index (κ1) is 18.1. The Kier molecular flexibility index (Phi) is 4.42. The SMILES string of the molecule is CC1=NN(C(=O)c2ccc([N+](=O)[O-])cc2)C(O)(c2cccc([N+](=O)[O-])c2)C1. The minimum atomic E-state index is -1.89. The molecule has 27 heavy (non-hydrogen) atoms. The predicted octanol–water partition coefficient (Wildman–Crippen LogP) is 2.57. The van der Waals surface area contributed by atoms with Crippen LogP contribution >= 0.6 is 0 Å². The Morgan fingerprint density at radius 1 is 1.11 bits per heavy atom. The number of non-ortho nitro benzene ring substituents is 2. The second-order valence-electron chi connectivity index (χ2n) is 6.06. The van der Waals surface area contributed by atoms with Gasteiger partial charge in [-0.1, -0.05) is 12.1 Å². The highest BCUT2D eigenvalue weighted by Crippen LogP contribution is 2.37. The third kappa shape index (κ3) is 3.25. The van der Waals surface area contributed by atoms with Crippen LogP contribution in [0.4, 0.5) is 11.4 Å². The van der Waals surface area contributed by atoms with E-state index in [0.717, 1.165) is 5.01 Å². The van der Waals surface area contributed by atoms with E-state index in [0.29, 0.717) is 5.71 Å². The Morgan fingerprint density at radius 2 is 1.74 bits per heavy atom. The maximum atomic E-state index is 12.8. The molecule has 0 spiro atoms. The normalized spacial score (nSPS) is 18.9. The van der Waals surface area contributed by atoms with Crippen LogP contribution in [0.1, 0.15) is 29.3 Å². The van der Waals surface area contributed by atoms with Crippen molar-refractivity contribution in [1.29, 1.82) is 0 Å². The highest BCUT2D eigenvalue weighted by atomic mass is 16.6. The molecule has 0 fully saturated rings. The van der Waals surface area contributed by atoms with E-state index in [1.165, 1.54) is 48.5 Å². The lowest BCUT2D eigenvalue weighted by Crippen LogP contribution is -2.43. The summed E-state index contributed by atoms with van der Waals surface area (Å²) >= 11 is 0. The number of nitrogens with zero attached hydrogens (tertiary/aromatic N) is 4. The molecular formula is C17H14N4O6. The van der Waals surface area contributed by atoms with Crippen LogP contribution in [-0.4, -0.2) is 31.6 Å². The van der Waals surface area contributed by atoms with Crippen molar-refractivity contribution in [2.75, 3.05) is 0 Å². The van der Waals surface area contributed by atoms with Crippen molar-refractivity contribution in [1.82, 2.24) is 5.01 Å². The molecule has 1 aliphatic rings. The zero-order valence-electron chi connectivity index (χ0n) is 14.1. The third-order valence-corrected chi connectivity index (χ3v) is 4.16. The molecule has 2 aromatic carbocycles. The van der Waals surface area contributed by atoms with Gasteiger partial charge in [-0.3, -0.25) is 25.0 Å². The first-order valence-electron chi connectivity index (χ1n) is 7.83. The van der Waals surface area contributed by atoms with Gasteiger partial charge in [-0.25, -0.2) is 0 Å². The molecule has 1 amide bonds. The van der Waals surface area contributed by atoms with Crippen molar-refractivity contribution < 1.29 is 19.7 Å². The van der Waals surface area contributed by atoms with Crippen molar-refractivity contribution in [3.63, 3.8) is 0 Å². The topological polar surface area (TPSA) is 139 Å². The van der Waals surface area contributed by atoms with Crippen molar-refractivity contribution in [2.45, 2.75) is 19.1 Å². The number of hydrogen-bond donors (Lipinski definition) is 1. The van der Waals surface area contributed by atoms with Crippen LogP contribution in [0.15, 0.2) is 53.6 Å². The number of hydrogen-bond acceptors (Lipinski definition) is 7. The molecule has 1 unspecified atom stereocenters. The van der Waals surface area contributed by atoms with Crippen molar-refractivity contribution >= 4 is 23.0 Å². The molecule has 1 atom stereocenters. The average Bonchev–Trinajstić information content (AvgIpc) is 2.97. The quantitative estimate of drug-likeness (QED) is 0.648. The number of carbonyl (C=O) groups excluding carboxylic acids is 1. The molecule has 10 nitrogen and oxygen atoms in total. The highest BCUT2D eigenvalue weighted by molar-refractivity contribution is 5.98. The van der Waals surface area contributed by atoms with E-state index in [4.69, 9.17) is 0 Å². The Hall–Kier alpha value is -3.66. The number of nitro groups is 2. The van der Waals surface area contributed by atoms with Gasteiger partial charge < -0.3 is 5.11 Å². The van der Waals surface area contributed by atoms with E-state index in [1.807, 2.05) is 0 Å². The Labute approximate surface area is 152 Å². The maximum absolute atomic E-state index is 12.8. The van der Waals surface area contributed by atoms with Crippen molar-refractivity contribution in [2.24, 2.45) is 5.10 Å². The number of hydrazone groups is 1. The smallest absolute Gasteiger partial charge is 0.276 e. The van der Waals surface area contributed by atoms with Crippen LogP contribution in [-0.2, 0) is 5.72 Å². The number of benzene rings is 2. The summed E-state index contributed by atoms with van der Waals surface area (Å²) in [6.45, 7) is 1.62. The van der Waals surface area contributed by atoms with E-state index in [-0.39, 0.29) is 28.9 Å². The largest absolute Gasteiger partial charge is 0.365 e. The summed E-state index contributed by atoms with van der Waals surface area (Å²) < 4.78 is 0. The molecule has 0 aromatic heterocycles. The average molecular weight is 370 g/mol. The molecule has 0 radical (unpaired) electrons. The van der Waals surface area contributed by atoms with E-state index in [1.54, 1.807) is 6.92 Å². The molecule has 10 heteroatoms. The number of amides is 1. The number of nitro benzene ring substituents is 2. The lowest BCUT2D eigenvalue weighted by Gasteiger charge is -2.31. The standard InChI is InChI=1S/C17H14N4O6/c1-11-10-17(23,13-3-2-4-15(9-13)21(26)27)19(18-11)16(22)12-5-7-14(8-6-12)20(24)25/h2-9,23H,10H2,1H3. The van der Waals surface area contributed by atoms with Gasteiger partial charge in [0.05, 0.1) is 9.85 Å². The minimum absolute atomic E-state index is 0.0209. The molecule has 1 N–H and O–H groups in total. The second-order valence-corrected chi connectivity index (χ2v) is 6.06. The summed E-state index contributed by atoms with van der Waals surface area (Å²) in [5.74, 6) is -0.684. The summed E-state index contributed by atoms with van der Waals surface area (Å²) in [5.41, 5.74) is -1.61. The number of carbonyl (C=O) groups is 1.